The molecule has 4 rings (SSSR count). The second-order valence-corrected chi connectivity index (χ2v) is 7.75. The summed E-state index contributed by atoms with van der Waals surface area (Å²) in [5.74, 6) is 0.391. The Bertz CT molecular complexity index is 866. The Kier molecular flexibility index (Phi) is 5.94. The lowest BCUT2D eigenvalue weighted by Gasteiger charge is -2.38. The summed E-state index contributed by atoms with van der Waals surface area (Å²) in [6, 6.07) is 10.1. The average Bonchev–Trinajstić information content (AvgIpc) is 2.79. The van der Waals surface area contributed by atoms with Crippen LogP contribution in [-0.4, -0.2) is 54.2 Å². The van der Waals surface area contributed by atoms with Crippen molar-refractivity contribution in [1.82, 2.24) is 14.9 Å². The Balaban J connectivity index is 1.37. The molecule has 1 atom stereocenters. The van der Waals surface area contributed by atoms with E-state index in [4.69, 9.17) is 4.74 Å². The highest BCUT2D eigenvalue weighted by molar-refractivity contribution is 5.40. The summed E-state index contributed by atoms with van der Waals surface area (Å²) in [6.45, 7) is 4.45. The van der Waals surface area contributed by atoms with Gasteiger partial charge < -0.3 is 9.64 Å². The SMILES string of the molecule is FC(F)(F)c1cccc(N2CCN(CCC3(c4ccccn4)C=COCC3)CC2)n1. The van der Waals surface area contributed by atoms with Crippen LogP contribution in [0.25, 0.3) is 0 Å². The number of rotatable bonds is 5. The van der Waals surface area contributed by atoms with Crippen molar-refractivity contribution in [2.45, 2.75) is 24.4 Å². The molecule has 0 aliphatic carbocycles. The van der Waals surface area contributed by atoms with Crippen LogP contribution in [0.2, 0.25) is 0 Å². The largest absolute Gasteiger partial charge is 0.501 e. The fraction of sp³-hybridized carbons (Fsp3) is 0.455. The third kappa shape index (κ3) is 4.59. The van der Waals surface area contributed by atoms with E-state index in [0.29, 0.717) is 25.5 Å². The molecule has 1 saturated heterocycles. The molecule has 0 radical (unpaired) electrons. The van der Waals surface area contributed by atoms with Crippen LogP contribution in [0, 0.1) is 0 Å². The molecule has 0 spiro atoms. The molecule has 2 aromatic heterocycles. The van der Waals surface area contributed by atoms with E-state index in [-0.39, 0.29) is 5.41 Å². The van der Waals surface area contributed by atoms with Crippen molar-refractivity contribution >= 4 is 5.82 Å². The number of pyridine rings is 2. The molecule has 1 unspecified atom stereocenters. The highest BCUT2D eigenvalue weighted by atomic mass is 19.4. The first-order valence-corrected chi connectivity index (χ1v) is 10.2. The van der Waals surface area contributed by atoms with Crippen LogP contribution in [0.15, 0.2) is 54.9 Å². The van der Waals surface area contributed by atoms with Gasteiger partial charge in [0.2, 0.25) is 0 Å². The first kappa shape index (κ1) is 20.7. The monoisotopic (exact) mass is 418 g/mol. The first-order chi connectivity index (χ1) is 14.5. The van der Waals surface area contributed by atoms with E-state index in [9.17, 15) is 13.2 Å². The third-order valence-corrected chi connectivity index (χ3v) is 5.92. The van der Waals surface area contributed by atoms with Crippen molar-refractivity contribution in [3.63, 3.8) is 0 Å². The van der Waals surface area contributed by atoms with Crippen LogP contribution in [0.3, 0.4) is 0 Å². The van der Waals surface area contributed by atoms with E-state index >= 15 is 0 Å². The molecular formula is C22H25F3N4O. The molecule has 0 N–H and O–H groups in total. The molecule has 2 aliphatic rings. The van der Waals surface area contributed by atoms with E-state index in [0.717, 1.165) is 44.2 Å². The Morgan fingerprint density at radius 3 is 2.53 bits per heavy atom. The zero-order valence-corrected chi connectivity index (χ0v) is 16.7. The summed E-state index contributed by atoms with van der Waals surface area (Å²) >= 11 is 0. The Labute approximate surface area is 174 Å². The molecular weight excluding hydrogens is 393 g/mol. The highest BCUT2D eigenvalue weighted by Gasteiger charge is 2.35. The number of aromatic nitrogens is 2. The summed E-state index contributed by atoms with van der Waals surface area (Å²) in [5.41, 5.74) is 0.0709. The second kappa shape index (κ2) is 8.63. The third-order valence-electron chi connectivity index (χ3n) is 5.92. The number of piperazine rings is 1. The smallest absolute Gasteiger partial charge is 0.433 e. The molecule has 4 heterocycles. The summed E-state index contributed by atoms with van der Waals surface area (Å²) in [6.07, 6.45) is 3.09. The normalized spacial score (nSPS) is 22.7. The van der Waals surface area contributed by atoms with E-state index < -0.39 is 11.9 Å². The van der Waals surface area contributed by atoms with Gasteiger partial charge in [0.15, 0.2) is 0 Å². The van der Waals surface area contributed by atoms with Gasteiger partial charge in [0, 0.05) is 37.8 Å². The summed E-state index contributed by atoms with van der Waals surface area (Å²) in [5, 5.41) is 0. The van der Waals surface area contributed by atoms with Crippen LogP contribution in [0.1, 0.15) is 24.2 Å². The van der Waals surface area contributed by atoms with Gasteiger partial charge in [-0.2, -0.15) is 13.2 Å². The number of allylic oxidation sites excluding steroid dienone is 1. The number of halogens is 3. The predicted molar refractivity (Wildman–Crippen MR) is 108 cm³/mol. The first-order valence-electron chi connectivity index (χ1n) is 10.2. The summed E-state index contributed by atoms with van der Waals surface area (Å²) in [4.78, 5) is 12.7. The lowest BCUT2D eigenvalue weighted by Crippen LogP contribution is -2.48. The van der Waals surface area contributed by atoms with Crippen molar-refractivity contribution in [2.75, 3.05) is 44.2 Å². The quantitative estimate of drug-likeness (QED) is 0.737. The van der Waals surface area contributed by atoms with Gasteiger partial charge >= 0.3 is 6.18 Å². The maximum atomic E-state index is 12.9. The van der Waals surface area contributed by atoms with Gasteiger partial charge in [-0.15, -0.1) is 0 Å². The number of nitrogens with zero attached hydrogens (tertiary/aromatic N) is 4. The molecule has 160 valence electrons. The minimum absolute atomic E-state index is 0.140. The Morgan fingerprint density at radius 2 is 1.87 bits per heavy atom. The number of anilines is 1. The topological polar surface area (TPSA) is 41.5 Å². The van der Waals surface area contributed by atoms with Crippen molar-refractivity contribution in [3.05, 3.63) is 66.3 Å². The zero-order chi connectivity index (χ0) is 21.0. The van der Waals surface area contributed by atoms with Crippen LogP contribution >= 0.6 is 0 Å². The van der Waals surface area contributed by atoms with Crippen molar-refractivity contribution in [3.8, 4) is 0 Å². The molecule has 5 nitrogen and oxygen atoms in total. The molecule has 1 fully saturated rings. The van der Waals surface area contributed by atoms with Gasteiger partial charge in [-0.25, -0.2) is 4.98 Å². The highest BCUT2D eigenvalue weighted by Crippen LogP contribution is 2.35. The molecule has 0 bridgehead atoms. The van der Waals surface area contributed by atoms with Crippen molar-refractivity contribution in [1.29, 1.82) is 0 Å². The minimum atomic E-state index is -4.42. The summed E-state index contributed by atoms with van der Waals surface area (Å²) < 4.78 is 44.2. The maximum absolute atomic E-state index is 12.9. The molecule has 0 amide bonds. The number of alkyl halides is 3. The Hall–Kier alpha value is -2.61. The number of hydrogen-bond acceptors (Lipinski definition) is 5. The number of hydrogen-bond donors (Lipinski definition) is 0. The standard InChI is InChI=1S/C22H25F3N4O/c23-22(24,25)19-5-3-6-20(27-19)29-14-12-28(13-15-29)11-7-21(8-16-30-17-9-21)18-4-1-2-10-26-18/h1-6,8,10,16H,7,9,11-15,17H2. The van der Waals surface area contributed by atoms with Crippen molar-refractivity contribution < 1.29 is 17.9 Å². The number of ether oxygens (including phenoxy) is 1. The lowest BCUT2D eigenvalue weighted by molar-refractivity contribution is -0.141. The second-order valence-electron chi connectivity index (χ2n) is 7.75. The van der Waals surface area contributed by atoms with Gasteiger partial charge in [0.1, 0.15) is 11.5 Å². The Morgan fingerprint density at radius 1 is 1.03 bits per heavy atom. The fourth-order valence-corrected chi connectivity index (χ4v) is 4.09. The van der Waals surface area contributed by atoms with Gasteiger partial charge in [0.05, 0.1) is 18.6 Å². The minimum Gasteiger partial charge on any atom is -0.501 e. The van der Waals surface area contributed by atoms with Crippen LogP contribution in [-0.2, 0) is 16.3 Å². The molecule has 2 aromatic rings. The van der Waals surface area contributed by atoms with E-state index in [1.807, 2.05) is 23.2 Å². The van der Waals surface area contributed by atoms with E-state index in [1.54, 1.807) is 12.3 Å². The van der Waals surface area contributed by atoms with Gasteiger partial charge in [-0.1, -0.05) is 12.1 Å². The van der Waals surface area contributed by atoms with Crippen LogP contribution in [0.4, 0.5) is 19.0 Å². The average molecular weight is 418 g/mol. The molecule has 2 aliphatic heterocycles. The maximum Gasteiger partial charge on any atom is 0.433 e. The molecule has 8 heteroatoms. The predicted octanol–water partition coefficient (Wildman–Crippen LogP) is 3.88. The van der Waals surface area contributed by atoms with Gasteiger partial charge in [-0.05, 0) is 49.7 Å². The molecule has 0 aromatic carbocycles. The lowest BCUT2D eigenvalue weighted by atomic mass is 9.77. The van der Waals surface area contributed by atoms with Gasteiger partial charge in [0.25, 0.3) is 0 Å². The van der Waals surface area contributed by atoms with Crippen molar-refractivity contribution in [2.24, 2.45) is 0 Å². The fourth-order valence-electron chi connectivity index (χ4n) is 4.09. The van der Waals surface area contributed by atoms with E-state index in [1.165, 1.54) is 6.07 Å². The van der Waals surface area contributed by atoms with Gasteiger partial charge in [-0.3, -0.25) is 9.88 Å². The van der Waals surface area contributed by atoms with Crippen LogP contribution in [0.5, 0.6) is 0 Å². The molecule has 30 heavy (non-hydrogen) atoms. The molecule has 0 saturated carbocycles. The zero-order valence-electron chi connectivity index (χ0n) is 16.7. The van der Waals surface area contributed by atoms with Crippen LogP contribution < -0.4 is 4.90 Å². The van der Waals surface area contributed by atoms with E-state index in [2.05, 4.69) is 27.0 Å². The summed E-state index contributed by atoms with van der Waals surface area (Å²) in [7, 11) is 0.